The molecule has 0 amide bonds. The number of aryl methyl sites for hydroxylation is 1. The van der Waals surface area contributed by atoms with E-state index >= 15 is 0 Å². The largest absolute Gasteiger partial charge is 0.303 e. The highest BCUT2D eigenvalue weighted by Crippen LogP contribution is 2.24. The second-order valence-corrected chi connectivity index (χ2v) is 8.07. The molecule has 3 heteroatoms. The molecule has 2 nitrogen and oxygen atoms in total. The number of likely N-dealkylation sites (tertiary alicyclic amines) is 1. The van der Waals surface area contributed by atoms with Gasteiger partial charge in [0.05, 0.1) is 15.2 Å². The highest BCUT2D eigenvalue weighted by molar-refractivity contribution is 7.18. The lowest BCUT2D eigenvalue weighted by atomic mass is 9.91. The molecule has 0 N–H and O–H groups in total. The third kappa shape index (κ3) is 5.02. The Balaban J connectivity index is 1.33. The average molecular weight is 331 g/mol. The number of fused-ring (bicyclic) bond motifs is 1. The molecule has 1 aliphatic rings. The number of hydrogen-bond acceptors (Lipinski definition) is 3. The van der Waals surface area contributed by atoms with E-state index in [0.717, 1.165) is 12.3 Å². The zero-order chi connectivity index (χ0) is 15.9. The maximum absolute atomic E-state index is 4.74. The smallest absolute Gasteiger partial charge is 0.0938 e. The van der Waals surface area contributed by atoms with Crippen molar-refractivity contribution >= 4 is 21.6 Å². The van der Waals surface area contributed by atoms with E-state index in [-0.39, 0.29) is 0 Å². The van der Waals surface area contributed by atoms with Gasteiger partial charge in [-0.15, -0.1) is 11.3 Å². The third-order valence-electron chi connectivity index (χ3n) is 5.13. The van der Waals surface area contributed by atoms with E-state index in [2.05, 4.69) is 36.1 Å². The Morgan fingerprint density at radius 1 is 1.13 bits per heavy atom. The molecular weight excluding hydrogens is 300 g/mol. The number of nitrogens with zero attached hydrogens (tertiary/aromatic N) is 2. The van der Waals surface area contributed by atoms with Gasteiger partial charge in [0.2, 0.25) is 0 Å². The van der Waals surface area contributed by atoms with Crippen molar-refractivity contribution < 1.29 is 0 Å². The summed E-state index contributed by atoms with van der Waals surface area (Å²) in [7, 11) is 0. The fourth-order valence-electron chi connectivity index (χ4n) is 3.63. The van der Waals surface area contributed by atoms with Gasteiger partial charge in [-0.3, -0.25) is 0 Å². The fraction of sp³-hybridized carbons (Fsp3) is 0.650. The molecule has 0 atom stereocenters. The SMILES string of the molecule is CCCCC1CCN(CCCCc2nc3ccccc3s2)CC1. The maximum atomic E-state index is 4.74. The molecule has 0 spiro atoms. The molecule has 23 heavy (non-hydrogen) atoms. The van der Waals surface area contributed by atoms with Gasteiger partial charge in [0, 0.05) is 0 Å². The van der Waals surface area contributed by atoms with Crippen LogP contribution < -0.4 is 0 Å². The Morgan fingerprint density at radius 2 is 1.96 bits per heavy atom. The first-order valence-corrected chi connectivity index (χ1v) is 10.2. The van der Waals surface area contributed by atoms with E-state index < -0.39 is 0 Å². The van der Waals surface area contributed by atoms with E-state index in [1.54, 1.807) is 0 Å². The maximum Gasteiger partial charge on any atom is 0.0938 e. The zero-order valence-electron chi connectivity index (χ0n) is 14.5. The summed E-state index contributed by atoms with van der Waals surface area (Å²) in [5.41, 5.74) is 1.17. The Morgan fingerprint density at radius 3 is 2.74 bits per heavy atom. The van der Waals surface area contributed by atoms with Crippen molar-refractivity contribution in [2.45, 2.75) is 58.3 Å². The predicted octanol–water partition coefficient (Wildman–Crippen LogP) is 5.52. The number of para-hydroxylation sites is 1. The summed E-state index contributed by atoms with van der Waals surface area (Å²) in [6.45, 7) is 6.25. The summed E-state index contributed by atoms with van der Waals surface area (Å²) in [6, 6.07) is 8.49. The lowest BCUT2D eigenvalue weighted by Crippen LogP contribution is -2.34. The van der Waals surface area contributed by atoms with Crippen LogP contribution in [0.2, 0.25) is 0 Å². The van der Waals surface area contributed by atoms with Crippen LogP contribution in [0, 0.1) is 5.92 Å². The average Bonchev–Trinajstić information content (AvgIpc) is 3.01. The second kappa shape index (κ2) is 8.79. The molecule has 1 aliphatic heterocycles. The summed E-state index contributed by atoms with van der Waals surface area (Å²) >= 11 is 1.87. The van der Waals surface area contributed by atoms with Crippen LogP contribution in [0.5, 0.6) is 0 Å². The van der Waals surface area contributed by atoms with Gasteiger partial charge in [-0.2, -0.15) is 0 Å². The van der Waals surface area contributed by atoms with E-state index in [1.165, 1.54) is 79.8 Å². The molecule has 0 aliphatic carbocycles. The highest BCUT2D eigenvalue weighted by Gasteiger charge is 2.18. The van der Waals surface area contributed by atoms with Gasteiger partial charge in [-0.1, -0.05) is 38.3 Å². The van der Waals surface area contributed by atoms with Crippen LogP contribution in [0.4, 0.5) is 0 Å². The van der Waals surface area contributed by atoms with Crippen LogP contribution in [0.1, 0.15) is 56.9 Å². The molecule has 1 aromatic heterocycles. The zero-order valence-corrected chi connectivity index (χ0v) is 15.3. The number of unbranched alkanes of at least 4 members (excludes halogenated alkanes) is 2. The molecule has 1 aromatic carbocycles. The van der Waals surface area contributed by atoms with Crippen LogP contribution in [0.25, 0.3) is 10.2 Å². The topological polar surface area (TPSA) is 16.1 Å². The van der Waals surface area contributed by atoms with Gasteiger partial charge in [0.25, 0.3) is 0 Å². The standard InChI is InChI=1S/C20H30N2S/c1-2-3-8-17-12-15-22(16-13-17)14-7-6-11-20-21-18-9-4-5-10-19(18)23-20/h4-5,9-10,17H,2-3,6-8,11-16H2,1H3. The van der Waals surface area contributed by atoms with Crippen molar-refractivity contribution in [3.05, 3.63) is 29.3 Å². The fourth-order valence-corrected chi connectivity index (χ4v) is 4.64. The third-order valence-corrected chi connectivity index (χ3v) is 6.22. The van der Waals surface area contributed by atoms with Gasteiger partial charge >= 0.3 is 0 Å². The van der Waals surface area contributed by atoms with Gasteiger partial charge in [-0.25, -0.2) is 4.98 Å². The quantitative estimate of drug-likeness (QED) is 0.592. The minimum atomic E-state index is 1.01. The van der Waals surface area contributed by atoms with Gasteiger partial charge < -0.3 is 4.90 Å². The van der Waals surface area contributed by atoms with Crippen LogP contribution in [-0.2, 0) is 6.42 Å². The van der Waals surface area contributed by atoms with Crippen LogP contribution in [0.3, 0.4) is 0 Å². The van der Waals surface area contributed by atoms with Crippen molar-refractivity contribution in [1.82, 2.24) is 9.88 Å². The molecule has 2 heterocycles. The van der Waals surface area contributed by atoms with Crippen molar-refractivity contribution in [3.63, 3.8) is 0 Å². The van der Waals surface area contributed by atoms with E-state index in [1.807, 2.05) is 11.3 Å². The summed E-state index contributed by atoms with van der Waals surface area (Å²) in [4.78, 5) is 7.42. The Labute approximate surface area is 144 Å². The molecule has 1 saturated heterocycles. The first kappa shape index (κ1) is 16.9. The Hall–Kier alpha value is -0.930. The first-order valence-electron chi connectivity index (χ1n) is 9.42. The summed E-state index contributed by atoms with van der Waals surface area (Å²) < 4.78 is 1.33. The lowest BCUT2D eigenvalue weighted by Gasteiger charge is -2.31. The molecule has 1 fully saturated rings. The van der Waals surface area contributed by atoms with E-state index in [0.29, 0.717) is 0 Å². The monoisotopic (exact) mass is 330 g/mol. The molecule has 0 unspecified atom stereocenters. The van der Waals surface area contributed by atoms with Crippen molar-refractivity contribution in [3.8, 4) is 0 Å². The summed E-state index contributed by atoms with van der Waals surface area (Å²) in [5, 5.41) is 1.31. The predicted molar refractivity (Wildman–Crippen MR) is 101 cm³/mol. The number of aromatic nitrogens is 1. The number of rotatable bonds is 8. The highest BCUT2D eigenvalue weighted by atomic mass is 32.1. The van der Waals surface area contributed by atoms with Gasteiger partial charge in [-0.05, 0) is 69.8 Å². The Bertz CT molecular complexity index is 551. The van der Waals surface area contributed by atoms with Gasteiger partial charge in [0.1, 0.15) is 0 Å². The molecule has 0 saturated carbocycles. The van der Waals surface area contributed by atoms with Crippen LogP contribution in [-0.4, -0.2) is 29.5 Å². The van der Waals surface area contributed by atoms with Crippen molar-refractivity contribution in [2.24, 2.45) is 5.92 Å². The van der Waals surface area contributed by atoms with Crippen LogP contribution in [0.15, 0.2) is 24.3 Å². The lowest BCUT2D eigenvalue weighted by molar-refractivity contribution is 0.175. The second-order valence-electron chi connectivity index (χ2n) is 6.96. The number of piperidine rings is 1. The number of thiazole rings is 1. The summed E-state index contributed by atoms with van der Waals surface area (Å²) in [6.07, 6.45) is 10.8. The number of benzene rings is 1. The van der Waals surface area contributed by atoms with E-state index in [4.69, 9.17) is 4.98 Å². The van der Waals surface area contributed by atoms with Gasteiger partial charge in [0.15, 0.2) is 0 Å². The molecular formula is C20H30N2S. The minimum Gasteiger partial charge on any atom is -0.303 e. The van der Waals surface area contributed by atoms with Crippen molar-refractivity contribution in [1.29, 1.82) is 0 Å². The summed E-state index contributed by atoms with van der Waals surface area (Å²) in [5.74, 6) is 1.01. The molecule has 0 bridgehead atoms. The first-order chi connectivity index (χ1) is 11.3. The van der Waals surface area contributed by atoms with E-state index in [9.17, 15) is 0 Å². The normalized spacial score (nSPS) is 17.1. The molecule has 3 rings (SSSR count). The molecule has 126 valence electrons. The number of hydrogen-bond donors (Lipinski definition) is 0. The van der Waals surface area contributed by atoms with Crippen LogP contribution >= 0.6 is 11.3 Å². The minimum absolute atomic E-state index is 1.01. The van der Waals surface area contributed by atoms with Crippen molar-refractivity contribution in [2.75, 3.05) is 19.6 Å². The molecule has 0 radical (unpaired) electrons. The Kier molecular flexibility index (Phi) is 6.46. The molecule has 2 aromatic rings.